The maximum atomic E-state index is 12.2. The molecule has 118 valence electrons. The van der Waals surface area contributed by atoms with Crippen LogP contribution < -0.4 is 5.32 Å². The van der Waals surface area contributed by atoms with Crippen LogP contribution in [0.3, 0.4) is 0 Å². The molecule has 0 fully saturated rings. The third-order valence-electron chi connectivity index (χ3n) is 3.59. The molecule has 0 radical (unpaired) electrons. The van der Waals surface area contributed by atoms with Crippen LogP contribution in [0.15, 0.2) is 54.9 Å². The van der Waals surface area contributed by atoms with Gasteiger partial charge in [-0.05, 0) is 36.4 Å². The molecular weight excluding hydrogens is 302 g/mol. The summed E-state index contributed by atoms with van der Waals surface area (Å²) in [7, 11) is 1.86. The number of nitriles is 1. The average molecular weight is 317 g/mol. The van der Waals surface area contributed by atoms with Gasteiger partial charge in [0, 0.05) is 30.6 Å². The molecule has 1 aromatic carbocycles. The molecule has 1 amide bonds. The van der Waals surface area contributed by atoms with Crippen molar-refractivity contribution >= 4 is 5.91 Å². The lowest BCUT2D eigenvalue weighted by molar-refractivity contribution is 0.0950. The van der Waals surface area contributed by atoms with Crippen molar-refractivity contribution in [2.75, 3.05) is 0 Å². The molecule has 0 aliphatic carbocycles. The molecule has 0 atom stereocenters. The van der Waals surface area contributed by atoms with Crippen LogP contribution in [0, 0.1) is 11.3 Å². The lowest BCUT2D eigenvalue weighted by Gasteiger charge is -2.03. The van der Waals surface area contributed by atoms with E-state index in [2.05, 4.69) is 15.4 Å². The molecule has 6 nitrogen and oxygen atoms in total. The van der Waals surface area contributed by atoms with Crippen molar-refractivity contribution in [3.05, 3.63) is 71.7 Å². The molecule has 0 bridgehead atoms. The van der Waals surface area contributed by atoms with Crippen molar-refractivity contribution in [3.8, 4) is 17.3 Å². The fraction of sp³-hybridized carbons (Fsp3) is 0.111. The van der Waals surface area contributed by atoms with Gasteiger partial charge in [-0.2, -0.15) is 10.4 Å². The molecule has 0 unspecified atom stereocenters. The standard InChI is InChI=1S/C18H15N5O/c1-23-17(14-5-7-20-8-6-14)10-16(22-23)12-21-18(24)15-4-2-3-13(9-15)11-19/h2-10H,12H2,1H3,(H,21,24). The first-order chi connectivity index (χ1) is 11.7. The van der Waals surface area contributed by atoms with Gasteiger partial charge in [0.25, 0.3) is 5.91 Å². The van der Waals surface area contributed by atoms with Crippen LogP contribution in [0.1, 0.15) is 21.6 Å². The Hall–Kier alpha value is -3.46. The van der Waals surface area contributed by atoms with Crippen molar-refractivity contribution < 1.29 is 4.79 Å². The van der Waals surface area contributed by atoms with E-state index in [0.29, 0.717) is 17.7 Å². The van der Waals surface area contributed by atoms with E-state index >= 15 is 0 Å². The first-order valence-electron chi connectivity index (χ1n) is 7.39. The predicted molar refractivity (Wildman–Crippen MR) is 88.8 cm³/mol. The zero-order chi connectivity index (χ0) is 16.9. The summed E-state index contributed by atoms with van der Waals surface area (Å²) in [5, 5.41) is 16.1. The molecule has 2 heterocycles. The predicted octanol–water partition coefficient (Wildman–Crippen LogP) is 2.28. The molecule has 1 N–H and O–H groups in total. The van der Waals surface area contributed by atoms with E-state index in [1.807, 2.05) is 31.3 Å². The second kappa shape index (κ2) is 6.75. The minimum Gasteiger partial charge on any atom is -0.346 e. The molecule has 0 saturated carbocycles. The fourth-order valence-corrected chi connectivity index (χ4v) is 2.41. The second-order valence-corrected chi connectivity index (χ2v) is 5.26. The first-order valence-corrected chi connectivity index (χ1v) is 7.39. The summed E-state index contributed by atoms with van der Waals surface area (Å²) in [6.07, 6.45) is 3.46. The number of rotatable bonds is 4. The highest BCUT2D eigenvalue weighted by Crippen LogP contribution is 2.18. The topological polar surface area (TPSA) is 83.6 Å². The van der Waals surface area contributed by atoms with Gasteiger partial charge in [0.15, 0.2) is 0 Å². The Kier molecular flexibility index (Phi) is 4.34. The summed E-state index contributed by atoms with van der Waals surface area (Å²) < 4.78 is 1.77. The highest BCUT2D eigenvalue weighted by Gasteiger charge is 2.10. The number of carbonyl (C=O) groups is 1. The number of nitrogens with one attached hydrogen (secondary N) is 1. The molecule has 24 heavy (non-hydrogen) atoms. The summed E-state index contributed by atoms with van der Waals surface area (Å²) >= 11 is 0. The molecule has 3 rings (SSSR count). The van der Waals surface area contributed by atoms with Crippen molar-refractivity contribution in [2.24, 2.45) is 7.05 Å². The van der Waals surface area contributed by atoms with Crippen molar-refractivity contribution in [1.29, 1.82) is 5.26 Å². The van der Waals surface area contributed by atoms with Gasteiger partial charge in [-0.1, -0.05) is 6.07 Å². The summed E-state index contributed by atoms with van der Waals surface area (Å²) in [6, 6.07) is 14.4. The van der Waals surface area contributed by atoms with E-state index < -0.39 is 0 Å². The van der Waals surface area contributed by atoms with E-state index in [-0.39, 0.29) is 5.91 Å². The van der Waals surface area contributed by atoms with Crippen molar-refractivity contribution in [3.63, 3.8) is 0 Å². The third kappa shape index (κ3) is 3.31. The molecule has 3 aromatic rings. The molecular formula is C18H15N5O. The first kappa shape index (κ1) is 15.4. The van der Waals surface area contributed by atoms with Gasteiger partial charge < -0.3 is 5.32 Å². The van der Waals surface area contributed by atoms with Crippen LogP contribution in [-0.2, 0) is 13.6 Å². The zero-order valence-electron chi connectivity index (χ0n) is 13.1. The molecule has 0 aliphatic rings. The van der Waals surface area contributed by atoms with Crippen LogP contribution in [0.2, 0.25) is 0 Å². The second-order valence-electron chi connectivity index (χ2n) is 5.26. The summed E-state index contributed by atoms with van der Waals surface area (Å²) in [5.41, 5.74) is 3.64. The Morgan fingerprint density at radius 3 is 2.79 bits per heavy atom. The van der Waals surface area contributed by atoms with Crippen molar-refractivity contribution in [1.82, 2.24) is 20.1 Å². The van der Waals surface area contributed by atoms with Gasteiger partial charge in [-0.3, -0.25) is 14.5 Å². The summed E-state index contributed by atoms with van der Waals surface area (Å²) in [6.45, 7) is 0.314. The van der Waals surface area contributed by atoms with Crippen molar-refractivity contribution in [2.45, 2.75) is 6.54 Å². The highest BCUT2D eigenvalue weighted by molar-refractivity contribution is 5.94. The van der Waals surface area contributed by atoms with Gasteiger partial charge in [0.2, 0.25) is 0 Å². The number of hydrogen-bond acceptors (Lipinski definition) is 4. The maximum absolute atomic E-state index is 12.2. The third-order valence-corrected chi connectivity index (χ3v) is 3.59. The number of hydrogen-bond donors (Lipinski definition) is 1. The van der Waals surface area contributed by atoms with Crippen LogP contribution in [-0.4, -0.2) is 20.7 Å². The summed E-state index contributed by atoms with van der Waals surface area (Å²) in [4.78, 5) is 16.2. The number of carbonyl (C=O) groups excluding carboxylic acids is 1. The van der Waals surface area contributed by atoms with E-state index in [1.54, 1.807) is 41.3 Å². The smallest absolute Gasteiger partial charge is 0.251 e. The van der Waals surface area contributed by atoms with Gasteiger partial charge in [-0.15, -0.1) is 0 Å². The Bertz CT molecular complexity index is 909. The van der Waals surface area contributed by atoms with Crippen LogP contribution in [0.4, 0.5) is 0 Å². The number of amides is 1. The number of benzene rings is 1. The number of nitrogens with zero attached hydrogens (tertiary/aromatic N) is 4. The van der Waals surface area contributed by atoms with Gasteiger partial charge in [0.05, 0.1) is 29.6 Å². The Balaban J connectivity index is 1.71. The number of aromatic nitrogens is 3. The largest absolute Gasteiger partial charge is 0.346 e. The molecule has 0 spiro atoms. The minimum absolute atomic E-state index is 0.233. The minimum atomic E-state index is -0.233. The number of aryl methyl sites for hydroxylation is 1. The molecule has 2 aromatic heterocycles. The quantitative estimate of drug-likeness (QED) is 0.800. The fourth-order valence-electron chi connectivity index (χ4n) is 2.41. The Morgan fingerprint density at radius 2 is 2.04 bits per heavy atom. The number of pyridine rings is 1. The maximum Gasteiger partial charge on any atom is 0.251 e. The van der Waals surface area contributed by atoms with Crippen LogP contribution in [0.25, 0.3) is 11.3 Å². The normalized spacial score (nSPS) is 10.2. The molecule has 6 heteroatoms. The van der Waals surface area contributed by atoms with Crippen LogP contribution in [0.5, 0.6) is 0 Å². The molecule has 0 saturated heterocycles. The van der Waals surface area contributed by atoms with Gasteiger partial charge in [0.1, 0.15) is 0 Å². The Labute approximate surface area is 139 Å². The SMILES string of the molecule is Cn1nc(CNC(=O)c2cccc(C#N)c2)cc1-c1ccncc1. The lowest BCUT2D eigenvalue weighted by atomic mass is 10.1. The van der Waals surface area contributed by atoms with Gasteiger partial charge in [-0.25, -0.2) is 0 Å². The lowest BCUT2D eigenvalue weighted by Crippen LogP contribution is -2.23. The molecule has 0 aliphatic heterocycles. The van der Waals surface area contributed by atoms with Crippen LogP contribution >= 0.6 is 0 Å². The monoisotopic (exact) mass is 317 g/mol. The van der Waals surface area contributed by atoms with E-state index in [4.69, 9.17) is 5.26 Å². The Morgan fingerprint density at radius 1 is 1.25 bits per heavy atom. The van der Waals surface area contributed by atoms with Gasteiger partial charge >= 0.3 is 0 Å². The average Bonchev–Trinajstić information content (AvgIpc) is 3.01. The summed E-state index contributed by atoms with van der Waals surface area (Å²) in [5.74, 6) is -0.233. The van der Waals surface area contributed by atoms with E-state index in [9.17, 15) is 4.79 Å². The van der Waals surface area contributed by atoms with E-state index in [0.717, 1.165) is 17.0 Å². The highest BCUT2D eigenvalue weighted by atomic mass is 16.1. The van der Waals surface area contributed by atoms with E-state index in [1.165, 1.54) is 0 Å². The zero-order valence-corrected chi connectivity index (χ0v) is 13.1.